The van der Waals surface area contributed by atoms with E-state index in [0.717, 1.165) is 10.9 Å². The lowest BCUT2D eigenvalue weighted by molar-refractivity contribution is -0.0758. The van der Waals surface area contributed by atoms with Crippen molar-refractivity contribution in [3.05, 3.63) is 35.5 Å². The molecule has 0 aliphatic heterocycles. The summed E-state index contributed by atoms with van der Waals surface area (Å²) < 4.78 is 9.49. The Morgan fingerprint density at radius 1 is 1.41 bits per heavy atom. The number of aliphatic hydroxyl groups is 1. The van der Waals surface area contributed by atoms with Gasteiger partial charge in [-0.3, -0.25) is 0 Å². The van der Waals surface area contributed by atoms with Gasteiger partial charge in [-0.25, -0.2) is 4.79 Å². The maximum absolute atomic E-state index is 11.4. The standard InChI is InChI=1S/C12H13NO4/c1-16-11(14)7-3-4-10-8(5-7)9(6-13-10)12(15)17-2/h3-6,12-13,15H,1-2H3. The van der Waals surface area contributed by atoms with E-state index in [1.165, 1.54) is 14.2 Å². The third-order valence-corrected chi connectivity index (χ3v) is 2.62. The molecule has 0 saturated carbocycles. The van der Waals surface area contributed by atoms with Gasteiger partial charge >= 0.3 is 5.97 Å². The minimum absolute atomic E-state index is 0.411. The number of benzene rings is 1. The lowest BCUT2D eigenvalue weighted by atomic mass is 10.1. The molecule has 1 unspecified atom stereocenters. The highest BCUT2D eigenvalue weighted by Gasteiger charge is 2.14. The summed E-state index contributed by atoms with van der Waals surface area (Å²) >= 11 is 0. The Balaban J connectivity index is 2.54. The summed E-state index contributed by atoms with van der Waals surface area (Å²) in [4.78, 5) is 14.4. The van der Waals surface area contributed by atoms with Gasteiger partial charge in [0.05, 0.1) is 12.7 Å². The molecule has 2 aromatic rings. The smallest absolute Gasteiger partial charge is 0.337 e. The number of fused-ring (bicyclic) bond motifs is 1. The number of hydrogen-bond acceptors (Lipinski definition) is 4. The fraction of sp³-hybridized carbons (Fsp3) is 0.250. The second kappa shape index (κ2) is 4.57. The summed E-state index contributed by atoms with van der Waals surface area (Å²) in [5.41, 5.74) is 1.85. The van der Waals surface area contributed by atoms with Crippen LogP contribution in [0.15, 0.2) is 24.4 Å². The number of carbonyl (C=O) groups is 1. The van der Waals surface area contributed by atoms with E-state index in [-0.39, 0.29) is 0 Å². The number of nitrogens with one attached hydrogen (secondary N) is 1. The first-order valence-electron chi connectivity index (χ1n) is 5.07. The van der Waals surface area contributed by atoms with E-state index in [2.05, 4.69) is 9.72 Å². The van der Waals surface area contributed by atoms with Crippen LogP contribution < -0.4 is 0 Å². The minimum atomic E-state index is -1.02. The van der Waals surface area contributed by atoms with E-state index in [9.17, 15) is 9.90 Å². The number of aliphatic hydroxyl groups excluding tert-OH is 1. The maximum atomic E-state index is 11.4. The topological polar surface area (TPSA) is 71.6 Å². The summed E-state index contributed by atoms with van der Waals surface area (Å²) in [6.45, 7) is 0. The van der Waals surface area contributed by atoms with Crippen molar-refractivity contribution in [2.45, 2.75) is 6.29 Å². The second-order valence-corrected chi connectivity index (χ2v) is 3.58. The van der Waals surface area contributed by atoms with Gasteiger partial charge in [-0.1, -0.05) is 0 Å². The first-order valence-corrected chi connectivity index (χ1v) is 5.07. The van der Waals surface area contributed by atoms with Gasteiger partial charge in [0.1, 0.15) is 0 Å². The number of ether oxygens (including phenoxy) is 2. The molecule has 1 aromatic heterocycles. The molecule has 0 aliphatic rings. The number of aromatic nitrogens is 1. The average molecular weight is 235 g/mol. The Bertz CT molecular complexity index is 546. The molecule has 1 atom stereocenters. The van der Waals surface area contributed by atoms with Crippen LogP contribution >= 0.6 is 0 Å². The Hall–Kier alpha value is -1.85. The van der Waals surface area contributed by atoms with Gasteiger partial charge in [0.15, 0.2) is 6.29 Å². The maximum Gasteiger partial charge on any atom is 0.337 e. The predicted molar refractivity (Wildman–Crippen MR) is 61.6 cm³/mol. The molecule has 0 spiro atoms. The number of carbonyl (C=O) groups excluding carboxylic acids is 1. The first-order chi connectivity index (χ1) is 8.17. The average Bonchev–Trinajstić information content (AvgIpc) is 2.79. The van der Waals surface area contributed by atoms with Crippen molar-refractivity contribution >= 4 is 16.9 Å². The van der Waals surface area contributed by atoms with Crippen LogP contribution in [0.4, 0.5) is 0 Å². The van der Waals surface area contributed by atoms with E-state index >= 15 is 0 Å². The van der Waals surface area contributed by atoms with Crippen molar-refractivity contribution in [3.63, 3.8) is 0 Å². The van der Waals surface area contributed by atoms with Gasteiger partial charge in [-0.05, 0) is 18.2 Å². The molecule has 17 heavy (non-hydrogen) atoms. The zero-order valence-electron chi connectivity index (χ0n) is 9.56. The van der Waals surface area contributed by atoms with Crippen molar-refractivity contribution in [1.82, 2.24) is 4.98 Å². The van der Waals surface area contributed by atoms with Crippen molar-refractivity contribution in [2.75, 3.05) is 14.2 Å². The van der Waals surface area contributed by atoms with Gasteiger partial charge in [0, 0.05) is 29.8 Å². The Kier molecular flexibility index (Phi) is 3.12. The summed E-state index contributed by atoms with van der Waals surface area (Å²) in [5, 5.41) is 10.4. The quantitative estimate of drug-likeness (QED) is 0.626. The molecule has 0 saturated heterocycles. The highest BCUT2D eigenvalue weighted by molar-refractivity contribution is 5.95. The highest BCUT2D eigenvalue weighted by atomic mass is 16.6. The molecular weight excluding hydrogens is 222 g/mol. The van der Waals surface area contributed by atoms with Gasteiger partial charge in [-0.2, -0.15) is 0 Å². The minimum Gasteiger partial charge on any atom is -0.465 e. The summed E-state index contributed by atoms with van der Waals surface area (Å²) in [6.07, 6.45) is 0.636. The van der Waals surface area contributed by atoms with E-state index in [1.807, 2.05) is 0 Å². The van der Waals surface area contributed by atoms with Gasteiger partial charge in [0.2, 0.25) is 0 Å². The van der Waals surface area contributed by atoms with Crippen LogP contribution in [0, 0.1) is 0 Å². The Labute approximate surface area is 98.0 Å². The van der Waals surface area contributed by atoms with Crippen LogP contribution in [-0.4, -0.2) is 30.3 Å². The van der Waals surface area contributed by atoms with Gasteiger partial charge in [-0.15, -0.1) is 0 Å². The lowest BCUT2D eigenvalue weighted by Gasteiger charge is -2.07. The van der Waals surface area contributed by atoms with Gasteiger partial charge < -0.3 is 19.6 Å². The van der Waals surface area contributed by atoms with Crippen LogP contribution in [0.2, 0.25) is 0 Å². The Morgan fingerprint density at radius 2 is 2.18 bits per heavy atom. The molecular formula is C12H13NO4. The van der Waals surface area contributed by atoms with Crippen LogP contribution in [0.25, 0.3) is 10.9 Å². The van der Waals surface area contributed by atoms with Gasteiger partial charge in [0.25, 0.3) is 0 Å². The monoisotopic (exact) mass is 235 g/mol. The van der Waals surface area contributed by atoms with Crippen LogP contribution in [0.3, 0.4) is 0 Å². The summed E-state index contributed by atoms with van der Waals surface area (Å²) in [6, 6.07) is 5.08. The van der Waals surface area contributed by atoms with Crippen LogP contribution in [0.1, 0.15) is 22.2 Å². The van der Waals surface area contributed by atoms with Crippen molar-refractivity contribution < 1.29 is 19.4 Å². The lowest BCUT2D eigenvalue weighted by Crippen LogP contribution is -2.01. The number of aromatic amines is 1. The van der Waals surface area contributed by atoms with Crippen molar-refractivity contribution in [2.24, 2.45) is 0 Å². The van der Waals surface area contributed by atoms with Crippen molar-refractivity contribution in [3.8, 4) is 0 Å². The zero-order chi connectivity index (χ0) is 12.4. The molecule has 5 nitrogen and oxygen atoms in total. The van der Waals surface area contributed by atoms with Crippen LogP contribution in [0.5, 0.6) is 0 Å². The third-order valence-electron chi connectivity index (χ3n) is 2.62. The molecule has 2 N–H and O–H groups in total. The number of hydrogen-bond donors (Lipinski definition) is 2. The van der Waals surface area contributed by atoms with E-state index in [0.29, 0.717) is 11.1 Å². The second-order valence-electron chi connectivity index (χ2n) is 3.58. The summed E-state index contributed by atoms with van der Waals surface area (Å²) in [7, 11) is 2.74. The molecule has 1 aromatic carbocycles. The van der Waals surface area contributed by atoms with Crippen molar-refractivity contribution in [1.29, 1.82) is 0 Å². The molecule has 90 valence electrons. The number of esters is 1. The first kappa shape index (κ1) is 11.6. The number of rotatable bonds is 3. The molecule has 0 radical (unpaired) electrons. The van der Waals surface area contributed by atoms with E-state index in [1.54, 1.807) is 24.4 Å². The Morgan fingerprint density at radius 3 is 2.82 bits per heavy atom. The third kappa shape index (κ3) is 2.02. The highest BCUT2D eigenvalue weighted by Crippen LogP contribution is 2.25. The molecule has 0 fully saturated rings. The zero-order valence-corrected chi connectivity index (χ0v) is 9.56. The van der Waals surface area contributed by atoms with E-state index in [4.69, 9.17) is 4.74 Å². The largest absolute Gasteiger partial charge is 0.465 e. The molecule has 0 aliphatic carbocycles. The normalized spacial score (nSPS) is 12.6. The van der Waals surface area contributed by atoms with Crippen LogP contribution in [-0.2, 0) is 9.47 Å². The molecule has 0 bridgehead atoms. The molecule has 2 rings (SSSR count). The number of methoxy groups -OCH3 is 2. The predicted octanol–water partition coefficient (Wildman–Crippen LogP) is 1.59. The fourth-order valence-corrected chi connectivity index (χ4v) is 1.72. The molecule has 5 heteroatoms. The fourth-order valence-electron chi connectivity index (χ4n) is 1.72. The summed E-state index contributed by atoms with van der Waals surface area (Å²) in [5.74, 6) is -0.411. The number of H-pyrrole nitrogens is 1. The SMILES string of the molecule is COC(=O)c1ccc2[nH]cc(C(O)OC)c2c1. The molecule has 1 heterocycles. The molecule has 0 amide bonds. The van der Waals surface area contributed by atoms with E-state index < -0.39 is 12.3 Å².